The van der Waals surface area contributed by atoms with Crippen molar-refractivity contribution in [2.24, 2.45) is 0 Å². The van der Waals surface area contributed by atoms with Crippen LogP contribution in [0.15, 0.2) is 23.4 Å². The summed E-state index contributed by atoms with van der Waals surface area (Å²) in [6.07, 6.45) is -4.28. The zero-order valence-electron chi connectivity index (χ0n) is 8.97. The van der Waals surface area contributed by atoms with Gasteiger partial charge in [-0.1, -0.05) is 0 Å². The summed E-state index contributed by atoms with van der Waals surface area (Å²) < 4.78 is 59.9. The Morgan fingerprint density at radius 3 is 2.28 bits per heavy atom. The van der Waals surface area contributed by atoms with Gasteiger partial charge in [0.1, 0.15) is 0 Å². The molecule has 100 valence electrons. The van der Waals surface area contributed by atoms with Gasteiger partial charge in [0.2, 0.25) is 9.84 Å². The van der Waals surface area contributed by atoms with Crippen molar-refractivity contribution in [3.63, 3.8) is 0 Å². The number of carboxylic acid groups (broad SMARTS) is 1. The molecule has 18 heavy (non-hydrogen) atoms. The number of carboxylic acids is 1. The lowest BCUT2D eigenvalue weighted by Crippen LogP contribution is -2.27. The van der Waals surface area contributed by atoms with E-state index in [-0.39, 0.29) is 0 Å². The van der Waals surface area contributed by atoms with Crippen molar-refractivity contribution in [2.75, 3.05) is 0 Å². The van der Waals surface area contributed by atoms with E-state index in [9.17, 15) is 26.4 Å². The summed E-state index contributed by atoms with van der Waals surface area (Å²) in [6.45, 7) is 0.914. The largest absolute Gasteiger partial charge is 0.480 e. The van der Waals surface area contributed by atoms with Crippen LogP contribution in [0.2, 0.25) is 0 Å². The maximum absolute atomic E-state index is 12.2. The molecule has 0 aromatic carbocycles. The van der Waals surface area contributed by atoms with E-state index in [1.165, 1.54) is 0 Å². The molecule has 0 bridgehead atoms. The Balaban J connectivity index is 3.17. The van der Waals surface area contributed by atoms with Gasteiger partial charge in [-0.2, -0.15) is 13.2 Å². The van der Waals surface area contributed by atoms with E-state index < -0.39 is 37.8 Å². The molecule has 1 aromatic heterocycles. The summed E-state index contributed by atoms with van der Waals surface area (Å²) >= 11 is 0. The first-order valence-corrected chi connectivity index (χ1v) is 6.11. The lowest BCUT2D eigenvalue weighted by atomic mass is 10.3. The molecule has 9 heteroatoms. The minimum absolute atomic E-state index is 0.349. The second kappa shape index (κ2) is 4.56. The van der Waals surface area contributed by atoms with Gasteiger partial charge in [0, 0.05) is 6.20 Å². The van der Waals surface area contributed by atoms with Crippen LogP contribution in [-0.4, -0.2) is 29.7 Å². The van der Waals surface area contributed by atoms with Crippen molar-refractivity contribution in [3.05, 3.63) is 23.9 Å². The van der Waals surface area contributed by atoms with Gasteiger partial charge in [-0.25, -0.2) is 13.4 Å². The highest BCUT2D eigenvalue weighted by atomic mass is 32.2. The maximum Gasteiger partial charge on any atom is 0.417 e. The standard InChI is InChI=1S/C9H8F3NO4S/c1-5(8(14)15)18(16,17)7-3-2-6(4-13-7)9(10,11)12/h2-5H,1H3,(H,14,15). The molecule has 0 aliphatic rings. The molecule has 0 aliphatic carbocycles. The number of alkyl halides is 3. The van der Waals surface area contributed by atoms with Crippen molar-refractivity contribution in [2.45, 2.75) is 23.4 Å². The van der Waals surface area contributed by atoms with E-state index in [1.54, 1.807) is 0 Å². The molecule has 1 aromatic rings. The number of rotatable bonds is 3. The average Bonchev–Trinajstić information content (AvgIpc) is 2.26. The van der Waals surface area contributed by atoms with E-state index in [1.807, 2.05) is 0 Å². The van der Waals surface area contributed by atoms with Crippen LogP contribution in [0.5, 0.6) is 0 Å². The predicted molar refractivity (Wildman–Crippen MR) is 53.5 cm³/mol. The molecule has 1 unspecified atom stereocenters. The fourth-order valence-corrected chi connectivity index (χ4v) is 2.12. The highest BCUT2D eigenvalue weighted by Gasteiger charge is 2.34. The Labute approximate surface area is 100 Å². The Kier molecular flexibility index (Phi) is 3.65. The van der Waals surface area contributed by atoms with E-state index in [2.05, 4.69) is 4.98 Å². The number of hydrogen-bond acceptors (Lipinski definition) is 4. The molecule has 1 heterocycles. The van der Waals surface area contributed by atoms with Crippen molar-refractivity contribution < 1.29 is 31.5 Å². The molecule has 0 amide bonds. The van der Waals surface area contributed by atoms with Crippen molar-refractivity contribution in [1.82, 2.24) is 4.98 Å². The van der Waals surface area contributed by atoms with E-state index >= 15 is 0 Å². The van der Waals surface area contributed by atoms with Gasteiger partial charge >= 0.3 is 12.1 Å². The smallest absolute Gasteiger partial charge is 0.417 e. The normalized spacial score (nSPS) is 14.2. The van der Waals surface area contributed by atoms with Crippen molar-refractivity contribution in [3.8, 4) is 0 Å². The number of aliphatic carboxylic acids is 1. The number of halogens is 3. The van der Waals surface area contributed by atoms with Gasteiger partial charge in [-0.15, -0.1) is 0 Å². The highest BCUT2D eigenvalue weighted by molar-refractivity contribution is 7.92. The van der Waals surface area contributed by atoms with Crippen LogP contribution in [0.4, 0.5) is 13.2 Å². The molecular weight excluding hydrogens is 275 g/mol. The molecule has 1 N–H and O–H groups in total. The molecule has 0 aliphatic heterocycles. The van der Waals surface area contributed by atoms with E-state index in [4.69, 9.17) is 5.11 Å². The van der Waals surface area contributed by atoms with Crippen molar-refractivity contribution in [1.29, 1.82) is 0 Å². The van der Waals surface area contributed by atoms with Crippen LogP contribution in [0, 0.1) is 0 Å². The first kappa shape index (κ1) is 14.4. The number of hydrogen-bond donors (Lipinski definition) is 1. The number of aromatic nitrogens is 1. The minimum atomic E-state index is -4.63. The third-order valence-corrected chi connectivity index (χ3v) is 4.13. The quantitative estimate of drug-likeness (QED) is 0.905. The van der Waals surface area contributed by atoms with Crippen LogP contribution in [0.25, 0.3) is 0 Å². The molecule has 5 nitrogen and oxygen atoms in total. The molecular formula is C9H8F3NO4S. The minimum Gasteiger partial charge on any atom is -0.480 e. The summed E-state index contributed by atoms with van der Waals surface area (Å²) in [5.74, 6) is -1.60. The van der Waals surface area contributed by atoms with Gasteiger partial charge in [-0.05, 0) is 19.1 Å². The van der Waals surface area contributed by atoms with Crippen LogP contribution in [0.1, 0.15) is 12.5 Å². The van der Waals surface area contributed by atoms with Gasteiger partial charge in [0.05, 0.1) is 5.56 Å². The van der Waals surface area contributed by atoms with Crippen LogP contribution >= 0.6 is 0 Å². The Bertz CT molecular complexity index is 550. The lowest BCUT2D eigenvalue weighted by molar-refractivity contribution is -0.138. The Morgan fingerprint density at radius 1 is 1.39 bits per heavy atom. The van der Waals surface area contributed by atoms with Crippen molar-refractivity contribution >= 4 is 15.8 Å². The zero-order valence-corrected chi connectivity index (χ0v) is 9.79. The van der Waals surface area contributed by atoms with E-state index in [0.29, 0.717) is 18.3 Å². The number of nitrogens with zero attached hydrogens (tertiary/aromatic N) is 1. The number of carbonyl (C=O) groups is 1. The highest BCUT2D eigenvalue weighted by Crippen LogP contribution is 2.29. The first-order valence-electron chi connectivity index (χ1n) is 4.57. The second-order valence-electron chi connectivity index (χ2n) is 3.41. The number of sulfone groups is 1. The Morgan fingerprint density at radius 2 is 1.94 bits per heavy atom. The molecule has 0 saturated carbocycles. The topological polar surface area (TPSA) is 84.3 Å². The van der Waals surface area contributed by atoms with Crippen LogP contribution in [-0.2, 0) is 20.8 Å². The second-order valence-corrected chi connectivity index (χ2v) is 5.62. The summed E-state index contributed by atoms with van der Waals surface area (Å²) in [4.78, 5) is 13.7. The van der Waals surface area contributed by atoms with Crippen LogP contribution in [0.3, 0.4) is 0 Å². The number of pyridine rings is 1. The maximum atomic E-state index is 12.2. The summed E-state index contributed by atoms with van der Waals surface area (Å²) in [7, 11) is -4.28. The average molecular weight is 283 g/mol. The Hall–Kier alpha value is -1.64. The fourth-order valence-electron chi connectivity index (χ4n) is 1.03. The summed E-state index contributed by atoms with van der Waals surface area (Å²) in [5, 5.41) is 6.10. The first-order chi connectivity index (χ1) is 8.06. The summed E-state index contributed by atoms with van der Waals surface area (Å²) in [6, 6.07) is 1.17. The predicted octanol–water partition coefficient (Wildman–Crippen LogP) is 1.35. The van der Waals surface area contributed by atoms with Gasteiger partial charge in [0.25, 0.3) is 0 Å². The molecule has 0 spiro atoms. The lowest BCUT2D eigenvalue weighted by Gasteiger charge is -2.09. The van der Waals surface area contributed by atoms with Gasteiger partial charge in [-0.3, -0.25) is 4.79 Å². The van der Waals surface area contributed by atoms with Gasteiger partial charge < -0.3 is 5.11 Å². The third kappa shape index (κ3) is 2.78. The molecule has 0 radical (unpaired) electrons. The fraction of sp³-hybridized carbons (Fsp3) is 0.333. The zero-order chi connectivity index (χ0) is 14.1. The monoisotopic (exact) mass is 283 g/mol. The summed E-state index contributed by atoms with van der Waals surface area (Å²) in [5.41, 5.74) is -1.11. The SMILES string of the molecule is CC(C(=O)O)S(=O)(=O)c1ccc(C(F)(F)F)cn1. The van der Waals surface area contributed by atoms with Gasteiger partial charge in [0.15, 0.2) is 10.3 Å². The molecule has 1 atom stereocenters. The van der Waals surface area contributed by atoms with Crippen LogP contribution < -0.4 is 0 Å². The molecule has 0 saturated heterocycles. The molecule has 1 rings (SSSR count). The van der Waals surface area contributed by atoms with E-state index in [0.717, 1.165) is 6.92 Å². The third-order valence-electron chi connectivity index (χ3n) is 2.17. The molecule has 0 fully saturated rings.